The Morgan fingerprint density at radius 2 is 0.932 bits per heavy atom. The zero-order valence-corrected chi connectivity index (χ0v) is 24.2. The van der Waals surface area contributed by atoms with E-state index in [4.69, 9.17) is 23.2 Å². The molecule has 6 rings (SSSR count). The highest BCUT2D eigenvalue weighted by Crippen LogP contribution is 2.42. The number of nitrogens with zero attached hydrogens (tertiary/aromatic N) is 4. The van der Waals surface area contributed by atoms with E-state index in [2.05, 4.69) is 20.5 Å². The van der Waals surface area contributed by atoms with E-state index in [1.165, 1.54) is 0 Å². The molecule has 0 aliphatic carbocycles. The molecule has 0 aliphatic heterocycles. The van der Waals surface area contributed by atoms with E-state index in [0.717, 1.165) is 21.9 Å². The van der Waals surface area contributed by atoms with E-state index in [1.54, 1.807) is 72.8 Å². The Bertz CT molecular complexity index is 2030. The molecule has 0 bridgehead atoms. The fourth-order valence-electron chi connectivity index (χ4n) is 4.80. The van der Waals surface area contributed by atoms with Crippen molar-refractivity contribution in [2.24, 2.45) is 20.5 Å². The fourth-order valence-corrected chi connectivity index (χ4v) is 5.24. The largest absolute Gasteiger partial charge is 0.505 e. The molecule has 2 N–H and O–H groups in total. The summed E-state index contributed by atoms with van der Waals surface area (Å²) < 4.78 is 0. The molecule has 0 unspecified atom stereocenters. The molecule has 10 heteroatoms. The second kappa shape index (κ2) is 12.0. The van der Waals surface area contributed by atoms with E-state index in [1.807, 2.05) is 24.3 Å². The van der Waals surface area contributed by atoms with Gasteiger partial charge >= 0.3 is 0 Å². The number of aromatic hydroxyl groups is 2. The highest BCUT2D eigenvalue weighted by atomic mass is 35.5. The van der Waals surface area contributed by atoms with Gasteiger partial charge in [-0.1, -0.05) is 83.9 Å². The first-order valence-corrected chi connectivity index (χ1v) is 14.0. The van der Waals surface area contributed by atoms with E-state index in [-0.39, 0.29) is 34.0 Å². The normalized spacial score (nSPS) is 11.6. The van der Waals surface area contributed by atoms with Crippen LogP contribution in [0.1, 0.15) is 20.7 Å². The number of carbonyl (C=O) groups excluding carboxylic acids is 2. The highest BCUT2D eigenvalue weighted by Gasteiger charge is 2.14. The maximum Gasteiger partial charge on any atom is 0.154 e. The van der Waals surface area contributed by atoms with Crippen molar-refractivity contribution in [2.45, 2.75) is 0 Å². The number of hydrogen-bond acceptors (Lipinski definition) is 8. The third kappa shape index (κ3) is 5.40. The van der Waals surface area contributed by atoms with Gasteiger partial charge in [0.2, 0.25) is 0 Å². The summed E-state index contributed by atoms with van der Waals surface area (Å²) in [5.41, 5.74) is 2.77. The van der Waals surface area contributed by atoms with Gasteiger partial charge in [-0.2, -0.15) is 0 Å². The molecule has 0 heterocycles. The summed E-state index contributed by atoms with van der Waals surface area (Å²) in [5.74, 6) is -0.524. The van der Waals surface area contributed by atoms with Crippen molar-refractivity contribution in [3.63, 3.8) is 0 Å². The standard InChI is InChI=1S/C34H20Cl2N4O4/c35-27-15-19(9-11-29(27)37-39-31-25-7-3-1-5-21(25)13-23(17-41)33(31)43)20-10-12-30(28(36)16-20)38-40-32-26-8-4-2-6-22(26)14-24(18-42)34(32)44/h1-18,43-44H. The molecule has 6 aromatic carbocycles. The fraction of sp³-hybridized carbons (Fsp3) is 0. The number of azo groups is 2. The number of benzene rings is 6. The minimum absolute atomic E-state index is 0.110. The van der Waals surface area contributed by atoms with Gasteiger partial charge in [0.25, 0.3) is 0 Å². The van der Waals surface area contributed by atoms with Crippen molar-refractivity contribution in [3.8, 4) is 22.6 Å². The molecule has 0 radical (unpaired) electrons. The Labute approximate surface area is 260 Å². The molecule has 0 spiro atoms. The quantitative estimate of drug-likeness (QED) is 0.136. The lowest BCUT2D eigenvalue weighted by Crippen LogP contribution is -1.84. The lowest BCUT2D eigenvalue weighted by molar-refractivity contribution is 0.111. The SMILES string of the molecule is O=Cc1cc2ccccc2c(N=Nc2ccc(-c3ccc(N=Nc4c(O)c(C=O)cc5ccccc45)c(Cl)c3)cc2Cl)c1O. The molecule has 0 fully saturated rings. The maximum atomic E-state index is 11.5. The highest BCUT2D eigenvalue weighted by molar-refractivity contribution is 6.34. The van der Waals surface area contributed by atoms with Gasteiger partial charge in [-0.3, -0.25) is 9.59 Å². The Balaban J connectivity index is 1.28. The van der Waals surface area contributed by atoms with Crippen LogP contribution in [0.3, 0.4) is 0 Å². The Morgan fingerprint density at radius 3 is 1.32 bits per heavy atom. The molecule has 0 amide bonds. The van der Waals surface area contributed by atoms with E-state index in [0.29, 0.717) is 44.8 Å². The summed E-state index contributed by atoms with van der Waals surface area (Å²) in [5, 5.41) is 41.5. The van der Waals surface area contributed by atoms with Crippen LogP contribution in [0.4, 0.5) is 22.7 Å². The molecule has 0 saturated heterocycles. The molecule has 0 aromatic heterocycles. The second-order valence-electron chi connectivity index (χ2n) is 9.74. The van der Waals surface area contributed by atoms with Gasteiger partial charge in [0.15, 0.2) is 24.1 Å². The molecular weight excluding hydrogens is 599 g/mol. The smallest absolute Gasteiger partial charge is 0.154 e. The van der Waals surface area contributed by atoms with Crippen LogP contribution in [-0.2, 0) is 0 Å². The zero-order valence-electron chi connectivity index (χ0n) is 22.6. The second-order valence-corrected chi connectivity index (χ2v) is 10.6. The van der Waals surface area contributed by atoms with Crippen molar-refractivity contribution in [1.82, 2.24) is 0 Å². The Hall–Kier alpha value is -5.44. The summed E-state index contributed by atoms with van der Waals surface area (Å²) in [6, 6.07) is 28.0. The van der Waals surface area contributed by atoms with Gasteiger partial charge < -0.3 is 10.2 Å². The topological polar surface area (TPSA) is 124 Å². The minimum Gasteiger partial charge on any atom is -0.505 e. The van der Waals surface area contributed by atoms with Crippen LogP contribution in [0, 0.1) is 0 Å². The summed E-state index contributed by atoms with van der Waals surface area (Å²) in [6.07, 6.45) is 1.13. The van der Waals surface area contributed by atoms with Gasteiger partial charge in [-0.05, 0) is 58.3 Å². The first kappa shape index (κ1) is 28.7. The number of fused-ring (bicyclic) bond motifs is 2. The maximum absolute atomic E-state index is 11.5. The van der Waals surface area contributed by atoms with Crippen LogP contribution in [0.5, 0.6) is 11.5 Å². The number of phenols is 2. The van der Waals surface area contributed by atoms with Crippen LogP contribution in [0.25, 0.3) is 32.7 Å². The lowest BCUT2D eigenvalue weighted by Gasteiger charge is -2.08. The number of halogens is 2. The van der Waals surface area contributed by atoms with E-state index < -0.39 is 0 Å². The number of hydrogen-bond donors (Lipinski definition) is 2. The minimum atomic E-state index is -0.262. The van der Waals surface area contributed by atoms with Crippen LogP contribution in [0.15, 0.2) is 118 Å². The van der Waals surface area contributed by atoms with Crippen LogP contribution in [0.2, 0.25) is 10.0 Å². The number of phenolic OH excluding ortho intramolecular Hbond substituents is 2. The van der Waals surface area contributed by atoms with Gasteiger partial charge in [0, 0.05) is 10.8 Å². The average Bonchev–Trinajstić information content (AvgIpc) is 3.04. The molecule has 0 aliphatic rings. The van der Waals surface area contributed by atoms with Gasteiger partial charge in [-0.25, -0.2) is 0 Å². The average molecular weight is 619 g/mol. The van der Waals surface area contributed by atoms with E-state index in [9.17, 15) is 19.8 Å². The van der Waals surface area contributed by atoms with Crippen molar-refractivity contribution >= 4 is 80.1 Å². The van der Waals surface area contributed by atoms with Gasteiger partial charge in [-0.15, -0.1) is 20.5 Å². The summed E-state index contributed by atoms with van der Waals surface area (Å²) in [4.78, 5) is 22.9. The van der Waals surface area contributed by atoms with Crippen molar-refractivity contribution in [1.29, 1.82) is 0 Å². The van der Waals surface area contributed by atoms with Crippen LogP contribution in [-0.4, -0.2) is 22.8 Å². The molecule has 44 heavy (non-hydrogen) atoms. The van der Waals surface area contributed by atoms with Crippen LogP contribution >= 0.6 is 23.2 Å². The molecule has 6 aromatic rings. The van der Waals surface area contributed by atoms with Crippen molar-refractivity contribution in [2.75, 3.05) is 0 Å². The monoisotopic (exact) mass is 618 g/mol. The lowest BCUT2D eigenvalue weighted by atomic mass is 10.0. The molecule has 214 valence electrons. The molecule has 0 atom stereocenters. The Kier molecular flexibility index (Phi) is 7.85. The number of rotatable bonds is 7. The summed E-state index contributed by atoms with van der Waals surface area (Å²) in [6.45, 7) is 0. The molecule has 8 nitrogen and oxygen atoms in total. The predicted octanol–water partition coefficient (Wildman–Crippen LogP) is 10.8. The third-order valence-electron chi connectivity index (χ3n) is 7.05. The first-order valence-electron chi connectivity index (χ1n) is 13.2. The summed E-state index contributed by atoms with van der Waals surface area (Å²) in [7, 11) is 0. The van der Waals surface area contributed by atoms with E-state index >= 15 is 0 Å². The molecule has 0 saturated carbocycles. The zero-order chi connectivity index (χ0) is 30.8. The van der Waals surface area contributed by atoms with Gasteiger partial charge in [0.1, 0.15) is 22.7 Å². The van der Waals surface area contributed by atoms with Crippen molar-refractivity contribution in [3.05, 3.63) is 118 Å². The predicted molar refractivity (Wildman–Crippen MR) is 172 cm³/mol. The van der Waals surface area contributed by atoms with Gasteiger partial charge in [0.05, 0.1) is 21.2 Å². The third-order valence-corrected chi connectivity index (χ3v) is 7.65. The molecular formula is C34H20Cl2N4O4. The first-order chi connectivity index (χ1) is 21.4. The number of aldehydes is 2. The number of carbonyl (C=O) groups is 2. The van der Waals surface area contributed by atoms with Crippen LogP contribution < -0.4 is 0 Å². The summed E-state index contributed by atoms with van der Waals surface area (Å²) >= 11 is 13.1. The van der Waals surface area contributed by atoms with Crippen molar-refractivity contribution < 1.29 is 19.8 Å². The Morgan fingerprint density at radius 1 is 0.523 bits per heavy atom.